The van der Waals surface area contributed by atoms with Crippen LogP contribution in [0.4, 0.5) is 0 Å². The summed E-state index contributed by atoms with van der Waals surface area (Å²) in [5, 5.41) is 0. The number of sulfonamides is 1. The molecular formula is C11H18N2O2S. The number of aryl methyl sites for hydroxylation is 1. The van der Waals surface area contributed by atoms with Crippen molar-refractivity contribution in [3.05, 3.63) is 30.1 Å². The first-order chi connectivity index (χ1) is 7.29. The standard InChI is InChI=1S/C11H18N2O2S/c1-11(2,3)13-16(14,15)9-6-10-4-7-12-8-5-10/h4-5,7-8,13H,6,9H2,1-3H3. The molecule has 0 fully saturated rings. The summed E-state index contributed by atoms with van der Waals surface area (Å²) in [6.45, 7) is 5.49. The number of nitrogens with one attached hydrogen (secondary N) is 1. The molecule has 0 unspecified atom stereocenters. The predicted molar refractivity (Wildman–Crippen MR) is 64.6 cm³/mol. The molecule has 1 aromatic rings. The first kappa shape index (κ1) is 13.1. The van der Waals surface area contributed by atoms with Crippen molar-refractivity contribution >= 4 is 10.0 Å². The van der Waals surface area contributed by atoms with Gasteiger partial charge in [0.25, 0.3) is 0 Å². The molecule has 90 valence electrons. The summed E-state index contributed by atoms with van der Waals surface area (Å²) in [5.41, 5.74) is 0.561. The van der Waals surface area contributed by atoms with Crippen LogP contribution < -0.4 is 4.72 Å². The Kier molecular flexibility index (Phi) is 4.04. The molecule has 1 aromatic heterocycles. The Morgan fingerprint density at radius 2 is 1.81 bits per heavy atom. The maximum atomic E-state index is 11.7. The van der Waals surface area contributed by atoms with Gasteiger partial charge < -0.3 is 0 Å². The third-order valence-electron chi connectivity index (χ3n) is 1.87. The van der Waals surface area contributed by atoms with Crippen LogP contribution in [-0.4, -0.2) is 24.7 Å². The van der Waals surface area contributed by atoms with E-state index in [1.807, 2.05) is 32.9 Å². The van der Waals surface area contributed by atoms with Crippen molar-refractivity contribution in [1.82, 2.24) is 9.71 Å². The zero-order valence-electron chi connectivity index (χ0n) is 9.90. The van der Waals surface area contributed by atoms with E-state index in [4.69, 9.17) is 0 Å². The minimum Gasteiger partial charge on any atom is -0.265 e. The summed E-state index contributed by atoms with van der Waals surface area (Å²) < 4.78 is 26.0. The molecule has 16 heavy (non-hydrogen) atoms. The zero-order chi connectivity index (χ0) is 12.2. The Hall–Kier alpha value is -0.940. The molecule has 4 nitrogen and oxygen atoms in total. The molecule has 0 radical (unpaired) electrons. The molecule has 5 heteroatoms. The van der Waals surface area contributed by atoms with Gasteiger partial charge in [-0.1, -0.05) is 0 Å². The summed E-state index contributed by atoms with van der Waals surface area (Å²) in [4.78, 5) is 3.88. The fraction of sp³-hybridized carbons (Fsp3) is 0.545. The largest absolute Gasteiger partial charge is 0.265 e. The SMILES string of the molecule is CC(C)(C)NS(=O)(=O)CCc1ccncc1. The molecular weight excluding hydrogens is 224 g/mol. The van der Waals surface area contributed by atoms with E-state index in [0.29, 0.717) is 6.42 Å². The van der Waals surface area contributed by atoms with Gasteiger partial charge in [0.05, 0.1) is 5.75 Å². The molecule has 0 amide bonds. The Bertz CT molecular complexity index is 421. The van der Waals surface area contributed by atoms with Gasteiger partial charge in [-0.3, -0.25) is 4.98 Å². The Morgan fingerprint density at radius 3 is 2.31 bits per heavy atom. The van der Waals surface area contributed by atoms with Gasteiger partial charge in [0, 0.05) is 17.9 Å². The van der Waals surface area contributed by atoms with Crippen LogP contribution in [0.2, 0.25) is 0 Å². The predicted octanol–water partition coefficient (Wildman–Crippen LogP) is 1.34. The third kappa shape index (κ3) is 5.23. The van der Waals surface area contributed by atoms with Crippen LogP contribution in [0.15, 0.2) is 24.5 Å². The monoisotopic (exact) mass is 242 g/mol. The van der Waals surface area contributed by atoms with Gasteiger partial charge in [-0.2, -0.15) is 0 Å². The number of hydrogen-bond acceptors (Lipinski definition) is 3. The molecule has 0 aliphatic heterocycles. The van der Waals surface area contributed by atoms with Gasteiger partial charge in [0.2, 0.25) is 10.0 Å². The molecule has 1 rings (SSSR count). The number of pyridine rings is 1. The fourth-order valence-electron chi connectivity index (χ4n) is 1.32. The van der Waals surface area contributed by atoms with E-state index in [1.165, 1.54) is 0 Å². The van der Waals surface area contributed by atoms with E-state index in [0.717, 1.165) is 5.56 Å². The molecule has 0 aliphatic rings. The van der Waals surface area contributed by atoms with Crippen LogP contribution in [0, 0.1) is 0 Å². The highest BCUT2D eigenvalue weighted by atomic mass is 32.2. The molecule has 0 aliphatic carbocycles. The van der Waals surface area contributed by atoms with E-state index in [1.54, 1.807) is 12.4 Å². The molecule has 0 saturated carbocycles. The van der Waals surface area contributed by atoms with Crippen molar-refractivity contribution in [2.75, 3.05) is 5.75 Å². The van der Waals surface area contributed by atoms with Crippen molar-refractivity contribution in [2.24, 2.45) is 0 Å². The quantitative estimate of drug-likeness (QED) is 0.867. The van der Waals surface area contributed by atoms with Crippen LogP contribution in [0.25, 0.3) is 0 Å². The van der Waals surface area contributed by atoms with Gasteiger partial charge in [-0.25, -0.2) is 13.1 Å². The van der Waals surface area contributed by atoms with Gasteiger partial charge >= 0.3 is 0 Å². The van der Waals surface area contributed by atoms with Gasteiger partial charge in [0.15, 0.2) is 0 Å². The summed E-state index contributed by atoms with van der Waals surface area (Å²) in [6.07, 6.45) is 3.84. The Labute approximate surface area is 97.2 Å². The number of rotatable bonds is 4. The average Bonchev–Trinajstić information content (AvgIpc) is 2.13. The van der Waals surface area contributed by atoms with Crippen LogP contribution in [-0.2, 0) is 16.4 Å². The number of aromatic nitrogens is 1. The lowest BCUT2D eigenvalue weighted by Gasteiger charge is -2.20. The van der Waals surface area contributed by atoms with E-state index < -0.39 is 15.6 Å². The lowest BCUT2D eigenvalue weighted by atomic mass is 10.1. The van der Waals surface area contributed by atoms with Gasteiger partial charge in [-0.05, 0) is 44.9 Å². The van der Waals surface area contributed by atoms with E-state index >= 15 is 0 Å². The lowest BCUT2D eigenvalue weighted by molar-refractivity contribution is 0.491. The second-order valence-electron chi connectivity index (χ2n) is 4.78. The second-order valence-corrected chi connectivity index (χ2v) is 6.62. The molecule has 0 saturated heterocycles. The molecule has 0 bridgehead atoms. The molecule has 1 N–H and O–H groups in total. The maximum Gasteiger partial charge on any atom is 0.212 e. The van der Waals surface area contributed by atoms with Crippen LogP contribution >= 0.6 is 0 Å². The summed E-state index contributed by atoms with van der Waals surface area (Å²) in [7, 11) is -3.21. The summed E-state index contributed by atoms with van der Waals surface area (Å²) in [6, 6.07) is 3.65. The number of hydrogen-bond donors (Lipinski definition) is 1. The summed E-state index contributed by atoms with van der Waals surface area (Å²) >= 11 is 0. The Balaban J connectivity index is 2.56. The molecule has 1 heterocycles. The van der Waals surface area contributed by atoms with Crippen molar-refractivity contribution in [1.29, 1.82) is 0 Å². The van der Waals surface area contributed by atoms with Gasteiger partial charge in [0.1, 0.15) is 0 Å². The van der Waals surface area contributed by atoms with E-state index in [2.05, 4.69) is 9.71 Å². The lowest BCUT2D eigenvalue weighted by Crippen LogP contribution is -2.42. The smallest absolute Gasteiger partial charge is 0.212 e. The van der Waals surface area contributed by atoms with Crippen LogP contribution in [0.3, 0.4) is 0 Å². The van der Waals surface area contributed by atoms with Gasteiger partial charge in [-0.15, -0.1) is 0 Å². The van der Waals surface area contributed by atoms with E-state index in [9.17, 15) is 8.42 Å². The molecule has 0 atom stereocenters. The highest BCUT2D eigenvalue weighted by Gasteiger charge is 2.19. The van der Waals surface area contributed by atoms with Crippen molar-refractivity contribution in [3.8, 4) is 0 Å². The minimum atomic E-state index is -3.21. The van der Waals surface area contributed by atoms with Crippen LogP contribution in [0.5, 0.6) is 0 Å². The Morgan fingerprint density at radius 1 is 1.25 bits per heavy atom. The molecule has 0 spiro atoms. The maximum absolute atomic E-state index is 11.7. The van der Waals surface area contributed by atoms with Crippen LogP contribution in [0.1, 0.15) is 26.3 Å². The van der Waals surface area contributed by atoms with E-state index in [-0.39, 0.29) is 5.75 Å². The first-order valence-electron chi connectivity index (χ1n) is 5.19. The van der Waals surface area contributed by atoms with Crippen molar-refractivity contribution in [3.63, 3.8) is 0 Å². The fourth-order valence-corrected chi connectivity index (χ4v) is 2.86. The highest BCUT2D eigenvalue weighted by molar-refractivity contribution is 7.89. The highest BCUT2D eigenvalue weighted by Crippen LogP contribution is 2.05. The number of nitrogens with zero attached hydrogens (tertiary/aromatic N) is 1. The zero-order valence-corrected chi connectivity index (χ0v) is 10.7. The average molecular weight is 242 g/mol. The first-order valence-corrected chi connectivity index (χ1v) is 6.84. The van der Waals surface area contributed by atoms with Crippen molar-refractivity contribution < 1.29 is 8.42 Å². The third-order valence-corrected chi connectivity index (χ3v) is 3.54. The second kappa shape index (κ2) is 4.93. The summed E-state index contributed by atoms with van der Waals surface area (Å²) in [5.74, 6) is 0.105. The van der Waals surface area contributed by atoms with Crippen molar-refractivity contribution in [2.45, 2.75) is 32.7 Å². The minimum absolute atomic E-state index is 0.105. The topological polar surface area (TPSA) is 59.1 Å². The normalized spacial score (nSPS) is 12.7. The molecule has 0 aromatic carbocycles.